The lowest BCUT2D eigenvalue weighted by Crippen LogP contribution is -2.24. The van der Waals surface area contributed by atoms with E-state index in [1.807, 2.05) is 0 Å². The predicted molar refractivity (Wildman–Crippen MR) is 60.7 cm³/mol. The van der Waals surface area contributed by atoms with Crippen molar-refractivity contribution in [3.8, 4) is 0 Å². The van der Waals surface area contributed by atoms with E-state index in [1.54, 1.807) is 24.3 Å². The molecule has 0 saturated heterocycles. The third kappa shape index (κ3) is 3.19. The number of rotatable bonds is 3. The Morgan fingerprint density at radius 2 is 1.73 bits per heavy atom. The molecule has 0 heterocycles. The second-order valence-electron chi connectivity index (χ2n) is 3.53. The first-order chi connectivity index (χ1) is 6.82. The van der Waals surface area contributed by atoms with Crippen LogP contribution in [0.25, 0.3) is 0 Å². The van der Waals surface area contributed by atoms with Crippen molar-refractivity contribution >= 4 is 21.4 Å². The summed E-state index contributed by atoms with van der Waals surface area (Å²) in [6.45, 7) is 1.48. The average molecular weight is 249 g/mol. The van der Waals surface area contributed by atoms with Crippen LogP contribution in [0.3, 0.4) is 0 Å². The largest absolute Gasteiger partial charge is 0.387 e. The first kappa shape index (κ1) is 12.5. The summed E-state index contributed by atoms with van der Waals surface area (Å²) in [4.78, 5) is 0. The van der Waals surface area contributed by atoms with Crippen molar-refractivity contribution < 1.29 is 13.5 Å². The summed E-state index contributed by atoms with van der Waals surface area (Å²) in [5, 5.41) is 9.53. The lowest BCUT2D eigenvalue weighted by atomic mass is 10.1. The predicted octanol–water partition coefficient (Wildman–Crippen LogP) is 1.81. The number of sulfone groups is 1. The molecule has 5 heteroatoms. The fourth-order valence-corrected chi connectivity index (χ4v) is 1.92. The van der Waals surface area contributed by atoms with Crippen LogP contribution in [-0.4, -0.2) is 25.0 Å². The standard InChI is InChI=1S/C10H13ClO3S/c1-7(15(2,13)14)10(12)8-3-5-9(11)6-4-8/h3-7,10,12H,1-2H3/t7-,10-/m1/s1. The van der Waals surface area contributed by atoms with Gasteiger partial charge >= 0.3 is 0 Å². The zero-order chi connectivity index (χ0) is 11.6. The molecule has 1 aromatic carbocycles. The molecule has 1 N–H and O–H groups in total. The highest BCUT2D eigenvalue weighted by atomic mass is 35.5. The van der Waals surface area contributed by atoms with Crippen LogP contribution in [0.1, 0.15) is 18.6 Å². The third-order valence-corrected chi connectivity index (χ3v) is 4.19. The van der Waals surface area contributed by atoms with E-state index in [4.69, 9.17) is 11.6 Å². The molecule has 0 radical (unpaired) electrons. The minimum absolute atomic E-state index is 0.553. The Hall–Kier alpha value is -0.580. The zero-order valence-electron chi connectivity index (χ0n) is 8.51. The number of hydrogen-bond donors (Lipinski definition) is 1. The fourth-order valence-electron chi connectivity index (χ4n) is 1.17. The van der Waals surface area contributed by atoms with E-state index < -0.39 is 21.2 Å². The molecule has 2 atom stereocenters. The van der Waals surface area contributed by atoms with Crippen molar-refractivity contribution in [2.45, 2.75) is 18.3 Å². The molecule has 0 unspecified atom stereocenters. The zero-order valence-corrected chi connectivity index (χ0v) is 10.1. The Bertz CT molecular complexity index is 424. The van der Waals surface area contributed by atoms with Gasteiger partial charge in [0.25, 0.3) is 0 Å². The number of aliphatic hydroxyl groups is 1. The summed E-state index contributed by atoms with van der Waals surface area (Å²) in [5.41, 5.74) is 0.553. The molecule has 0 spiro atoms. The summed E-state index contributed by atoms with van der Waals surface area (Å²) in [6, 6.07) is 6.48. The maximum Gasteiger partial charge on any atom is 0.152 e. The normalized spacial score (nSPS) is 16.0. The van der Waals surface area contributed by atoms with Gasteiger partial charge in [-0.25, -0.2) is 8.42 Å². The van der Waals surface area contributed by atoms with E-state index >= 15 is 0 Å². The lowest BCUT2D eigenvalue weighted by molar-refractivity contribution is 0.176. The van der Waals surface area contributed by atoms with Gasteiger partial charge in [-0.2, -0.15) is 0 Å². The quantitative estimate of drug-likeness (QED) is 0.888. The summed E-state index contributed by atoms with van der Waals surface area (Å²) < 4.78 is 22.5. The molecule has 0 aliphatic rings. The van der Waals surface area contributed by atoms with Crippen LogP contribution in [0.15, 0.2) is 24.3 Å². The van der Waals surface area contributed by atoms with Crippen molar-refractivity contribution in [2.75, 3.05) is 6.26 Å². The van der Waals surface area contributed by atoms with E-state index in [0.717, 1.165) is 6.26 Å². The number of hydrogen-bond acceptors (Lipinski definition) is 3. The third-order valence-electron chi connectivity index (χ3n) is 2.33. The summed E-state index contributed by atoms with van der Waals surface area (Å²) in [6.07, 6.45) is 0.0915. The van der Waals surface area contributed by atoms with E-state index in [1.165, 1.54) is 6.92 Å². The van der Waals surface area contributed by atoms with E-state index in [9.17, 15) is 13.5 Å². The van der Waals surface area contributed by atoms with Gasteiger partial charge in [0.2, 0.25) is 0 Å². The Morgan fingerprint density at radius 1 is 1.27 bits per heavy atom. The Kier molecular flexibility index (Phi) is 3.76. The SMILES string of the molecule is C[C@H]([C@@H](O)c1ccc(Cl)cc1)S(C)(=O)=O. The molecule has 0 aromatic heterocycles. The number of benzene rings is 1. The smallest absolute Gasteiger partial charge is 0.152 e. The molecule has 15 heavy (non-hydrogen) atoms. The molecular formula is C10H13ClO3S. The number of aliphatic hydroxyl groups excluding tert-OH is 1. The Morgan fingerprint density at radius 3 is 2.13 bits per heavy atom. The highest BCUT2D eigenvalue weighted by Gasteiger charge is 2.25. The molecule has 3 nitrogen and oxygen atoms in total. The number of halogens is 1. The molecule has 84 valence electrons. The average Bonchev–Trinajstić information content (AvgIpc) is 2.15. The minimum atomic E-state index is -3.24. The van der Waals surface area contributed by atoms with Gasteiger partial charge in [-0.05, 0) is 24.6 Å². The Balaban J connectivity index is 2.95. The van der Waals surface area contributed by atoms with Crippen molar-refractivity contribution in [2.24, 2.45) is 0 Å². The highest BCUT2D eigenvalue weighted by molar-refractivity contribution is 7.91. The van der Waals surface area contributed by atoms with Crippen molar-refractivity contribution in [1.29, 1.82) is 0 Å². The van der Waals surface area contributed by atoms with Crippen molar-refractivity contribution in [1.82, 2.24) is 0 Å². The maximum absolute atomic E-state index is 11.2. The molecule has 0 aliphatic heterocycles. The second kappa shape index (κ2) is 4.51. The topological polar surface area (TPSA) is 54.4 Å². The lowest BCUT2D eigenvalue weighted by Gasteiger charge is -2.17. The first-order valence-corrected chi connectivity index (χ1v) is 6.78. The van der Waals surface area contributed by atoms with Gasteiger partial charge in [0.05, 0.1) is 11.4 Å². The molecule has 0 amide bonds. The molecule has 0 bridgehead atoms. The van der Waals surface area contributed by atoms with Gasteiger partial charge < -0.3 is 5.11 Å². The van der Waals surface area contributed by atoms with Crippen LogP contribution in [0, 0.1) is 0 Å². The summed E-state index contributed by atoms with van der Waals surface area (Å²) in [5.74, 6) is 0. The first-order valence-electron chi connectivity index (χ1n) is 4.45. The van der Waals surface area contributed by atoms with E-state index in [2.05, 4.69) is 0 Å². The van der Waals surface area contributed by atoms with Crippen LogP contribution in [-0.2, 0) is 9.84 Å². The minimum Gasteiger partial charge on any atom is -0.387 e. The molecule has 1 rings (SSSR count). The molecule has 0 aliphatic carbocycles. The van der Waals surface area contributed by atoms with Gasteiger partial charge in [-0.15, -0.1) is 0 Å². The summed E-state index contributed by atoms with van der Waals surface area (Å²) >= 11 is 5.69. The molecule has 0 saturated carbocycles. The second-order valence-corrected chi connectivity index (χ2v) is 6.37. The molecule has 0 fully saturated rings. The fraction of sp³-hybridized carbons (Fsp3) is 0.400. The highest BCUT2D eigenvalue weighted by Crippen LogP contribution is 2.22. The van der Waals surface area contributed by atoms with Crippen LogP contribution in [0.2, 0.25) is 5.02 Å². The van der Waals surface area contributed by atoms with Gasteiger partial charge in [0.1, 0.15) is 0 Å². The van der Waals surface area contributed by atoms with Crippen LogP contribution < -0.4 is 0 Å². The van der Waals surface area contributed by atoms with Crippen LogP contribution in [0.5, 0.6) is 0 Å². The van der Waals surface area contributed by atoms with Gasteiger partial charge in [-0.3, -0.25) is 0 Å². The van der Waals surface area contributed by atoms with Gasteiger partial charge in [-0.1, -0.05) is 23.7 Å². The van der Waals surface area contributed by atoms with Crippen molar-refractivity contribution in [3.63, 3.8) is 0 Å². The molecular weight excluding hydrogens is 236 g/mol. The van der Waals surface area contributed by atoms with Crippen LogP contribution >= 0.6 is 11.6 Å². The summed E-state index contributed by atoms with van der Waals surface area (Å²) in [7, 11) is -3.24. The monoisotopic (exact) mass is 248 g/mol. The van der Waals surface area contributed by atoms with E-state index in [-0.39, 0.29) is 0 Å². The molecule has 1 aromatic rings. The van der Waals surface area contributed by atoms with Gasteiger partial charge in [0.15, 0.2) is 9.84 Å². The van der Waals surface area contributed by atoms with Crippen LogP contribution in [0.4, 0.5) is 0 Å². The Labute approximate surface area is 94.6 Å². The van der Waals surface area contributed by atoms with E-state index in [0.29, 0.717) is 10.6 Å². The van der Waals surface area contributed by atoms with Gasteiger partial charge in [0, 0.05) is 11.3 Å². The maximum atomic E-state index is 11.2. The van der Waals surface area contributed by atoms with Crippen molar-refractivity contribution in [3.05, 3.63) is 34.9 Å².